The number of hydrogen-bond acceptors (Lipinski definition) is 7. The van der Waals surface area contributed by atoms with E-state index in [1.807, 2.05) is 20.8 Å². The van der Waals surface area contributed by atoms with Gasteiger partial charge in [0.1, 0.15) is 16.9 Å². The van der Waals surface area contributed by atoms with Crippen LogP contribution in [0.2, 0.25) is 0 Å². The lowest BCUT2D eigenvalue weighted by Crippen LogP contribution is -2.31. The second-order valence-corrected chi connectivity index (χ2v) is 9.65. The molecule has 4 rings (SSSR count). The smallest absolute Gasteiger partial charge is 0.163 e. The number of aliphatic imine (C=N–C) groups is 1. The van der Waals surface area contributed by atoms with E-state index >= 15 is 0 Å². The molecule has 0 radical (unpaired) electrons. The Hall–Kier alpha value is -1.74. The van der Waals surface area contributed by atoms with Gasteiger partial charge in [-0.2, -0.15) is 0 Å². The van der Waals surface area contributed by atoms with E-state index in [-0.39, 0.29) is 24.2 Å². The van der Waals surface area contributed by atoms with Crippen LogP contribution >= 0.6 is 11.3 Å². The predicted molar refractivity (Wildman–Crippen MR) is 115 cm³/mol. The van der Waals surface area contributed by atoms with Crippen LogP contribution in [0.3, 0.4) is 0 Å². The van der Waals surface area contributed by atoms with E-state index in [0.717, 1.165) is 28.4 Å². The second-order valence-electron chi connectivity index (χ2n) is 8.62. The Labute approximate surface area is 175 Å². The van der Waals surface area contributed by atoms with E-state index in [1.165, 1.54) is 0 Å². The summed E-state index contributed by atoms with van der Waals surface area (Å²) in [6, 6.07) is -0.204. The van der Waals surface area contributed by atoms with Gasteiger partial charge >= 0.3 is 0 Å². The molecule has 5 atom stereocenters. The van der Waals surface area contributed by atoms with Gasteiger partial charge in [0.15, 0.2) is 5.79 Å². The summed E-state index contributed by atoms with van der Waals surface area (Å²) >= 11 is 1.59. The maximum absolute atomic E-state index is 10.2. The molecule has 2 fully saturated rings. The fourth-order valence-electron chi connectivity index (χ4n) is 4.50. The highest BCUT2D eigenvalue weighted by molar-refractivity contribution is 7.14. The third-order valence-corrected chi connectivity index (χ3v) is 6.89. The van der Waals surface area contributed by atoms with Crippen LogP contribution in [0, 0.1) is 5.92 Å². The Bertz CT molecular complexity index is 882. The van der Waals surface area contributed by atoms with Gasteiger partial charge in [0.2, 0.25) is 0 Å². The van der Waals surface area contributed by atoms with Crippen molar-refractivity contribution in [3.05, 3.63) is 27.4 Å². The number of aromatic nitrogens is 1. The van der Waals surface area contributed by atoms with Gasteiger partial charge in [-0.15, -0.1) is 11.3 Å². The molecule has 2 heterocycles. The molecule has 1 saturated heterocycles. The van der Waals surface area contributed by atoms with Gasteiger partial charge in [0.25, 0.3) is 0 Å². The third kappa shape index (κ3) is 3.86. The molecule has 0 bridgehead atoms. The second kappa shape index (κ2) is 7.50. The number of aryl methyl sites for hydroxylation is 1. The summed E-state index contributed by atoms with van der Waals surface area (Å²) in [5.74, 6) is -0.385. The molecule has 1 saturated carbocycles. The molecule has 0 amide bonds. The van der Waals surface area contributed by atoms with Crippen molar-refractivity contribution in [1.82, 2.24) is 4.98 Å². The largest absolute Gasteiger partial charge is 0.402 e. The van der Waals surface area contributed by atoms with Crippen molar-refractivity contribution in [3.8, 4) is 0 Å². The monoisotopic (exact) mass is 418 g/mol. The molecular formula is C21H30N4O3S. The van der Waals surface area contributed by atoms with Gasteiger partial charge < -0.3 is 26.0 Å². The summed E-state index contributed by atoms with van der Waals surface area (Å²) in [7, 11) is 0. The summed E-state index contributed by atoms with van der Waals surface area (Å²) in [6.07, 6.45) is 5.90. The Morgan fingerprint density at radius 1 is 1.34 bits per heavy atom. The number of thiazole rings is 1. The molecule has 3 aliphatic rings. The summed E-state index contributed by atoms with van der Waals surface area (Å²) < 4.78 is 12.2. The van der Waals surface area contributed by atoms with Gasteiger partial charge in [-0.25, -0.2) is 4.98 Å². The van der Waals surface area contributed by atoms with Crippen LogP contribution in [0.5, 0.6) is 0 Å². The number of ether oxygens (including phenoxy) is 2. The fraction of sp³-hybridized carbons (Fsp3) is 0.619. The highest BCUT2D eigenvalue weighted by Gasteiger charge is 2.55. The lowest BCUT2D eigenvalue weighted by atomic mass is 9.99. The summed E-state index contributed by atoms with van der Waals surface area (Å²) in [5.41, 5.74) is 15.0. The number of hydrogen-bond donors (Lipinski definition) is 3. The molecule has 158 valence electrons. The van der Waals surface area contributed by atoms with E-state index in [4.69, 9.17) is 30.9 Å². The predicted octanol–water partition coefficient (Wildman–Crippen LogP) is 2.44. The Kier molecular flexibility index (Phi) is 5.31. The van der Waals surface area contributed by atoms with Crippen LogP contribution < -0.4 is 11.5 Å². The van der Waals surface area contributed by atoms with Gasteiger partial charge in [-0.05, 0) is 53.0 Å². The molecule has 0 spiro atoms. The average Bonchev–Trinajstić information content (AvgIpc) is 3.26. The van der Waals surface area contributed by atoms with E-state index in [2.05, 4.69) is 12.2 Å². The first kappa shape index (κ1) is 20.5. The fourth-order valence-corrected chi connectivity index (χ4v) is 5.67. The molecule has 7 nitrogen and oxygen atoms in total. The van der Waals surface area contributed by atoms with E-state index in [9.17, 15) is 5.11 Å². The van der Waals surface area contributed by atoms with E-state index < -0.39 is 11.9 Å². The van der Waals surface area contributed by atoms with E-state index in [1.54, 1.807) is 18.3 Å². The third-order valence-electron chi connectivity index (χ3n) is 5.81. The van der Waals surface area contributed by atoms with Crippen molar-refractivity contribution in [2.45, 2.75) is 77.1 Å². The van der Waals surface area contributed by atoms with Gasteiger partial charge in [-0.3, -0.25) is 4.99 Å². The van der Waals surface area contributed by atoms with Crippen molar-refractivity contribution in [3.63, 3.8) is 0 Å². The van der Waals surface area contributed by atoms with Gasteiger partial charge in [0.05, 0.1) is 34.4 Å². The van der Waals surface area contributed by atoms with Gasteiger partial charge in [-0.1, -0.05) is 6.08 Å². The highest BCUT2D eigenvalue weighted by atomic mass is 32.1. The molecule has 1 aromatic rings. The van der Waals surface area contributed by atoms with E-state index in [0.29, 0.717) is 23.5 Å². The van der Waals surface area contributed by atoms with Crippen LogP contribution in [0.15, 0.2) is 16.8 Å². The van der Waals surface area contributed by atoms with Crippen molar-refractivity contribution >= 4 is 28.8 Å². The lowest BCUT2D eigenvalue weighted by Gasteiger charge is -2.24. The quantitative estimate of drug-likeness (QED) is 0.511. The Morgan fingerprint density at radius 2 is 2.07 bits per heavy atom. The highest BCUT2D eigenvalue weighted by Crippen LogP contribution is 2.44. The summed E-state index contributed by atoms with van der Waals surface area (Å²) in [6.45, 7) is 7.38. The maximum Gasteiger partial charge on any atom is 0.163 e. The van der Waals surface area contributed by atoms with Crippen molar-refractivity contribution < 1.29 is 14.6 Å². The zero-order chi connectivity index (χ0) is 20.9. The molecule has 5 N–H and O–H groups in total. The minimum absolute atomic E-state index is 0.0490. The Morgan fingerprint density at radius 3 is 2.72 bits per heavy atom. The average molecular weight is 419 g/mol. The van der Waals surface area contributed by atoms with Crippen LogP contribution in [-0.4, -0.2) is 46.1 Å². The molecule has 8 heteroatoms. The number of amidine groups is 1. The number of nitrogens with two attached hydrogens (primary N) is 2. The first-order chi connectivity index (χ1) is 13.7. The molecule has 1 unspecified atom stereocenters. The SMILES string of the molecule is CC(N)=C(C(N)=N[C@@H]1C[C@H](C(C)O)[C@H]2OC(C)(C)O[C@H]21)c1nc2c(s1)C=CCC2. The minimum atomic E-state index is -0.700. The topological polar surface area (TPSA) is 116 Å². The minimum Gasteiger partial charge on any atom is -0.402 e. The zero-order valence-electron chi connectivity index (χ0n) is 17.4. The standard InChI is InChI=1S/C21H30N4O3S/c1-10(22)16(20-25-13-7-5-6-8-15(13)29-20)19(23)24-14-9-12(11(2)26)17-18(14)28-21(3,4)27-17/h6,8,11-12,14,17-18,26H,5,7,9,22H2,1-4H3,(H2,23,24)/t11?,12-,14-,17-,18+/m1/s1. The normalized spacial score (nSPS) is 32.7. The molecule has 29 heavy (non-hydrogen) atoms. The summed E-state index contributed by atoms with van der Waals surface area (Å²) in [4.78, 5) is 10.7. The molecule has 1 aromatic heterocycles. The molecule has 2 aliphatic carbocycles. The van der Waals surface area contributed by atoms with Crippen LogP contribution in [-0.2, 0) is 15.9 Å². The lowest BCUT2D eigenvalue weighted by molar-refractivity contribution is -0.161. The number of nitrogens with zero attached hydrogens (tertiary/aromatic N) is 2. The summed E-state index contributed by atoms with van der Waals surface area (Å²) in [5, 5.41) is 11.0. The van der Waals surface area contributed by atoms with Crippen molar-refractivity contribution in [2.75, 3.05) is 0 Å². The van der Waals surface area contributed by atoms with Crippen molar-refractivity contribution in [1.29, 1.82) is 0 Å². The van der Waals surface area contributed by atoms with Crippen LogP contribution in [0.25, 0.3) is 11.6 Å². The van der Waals surface area contributed by atoms with Crippen molar-refractivity contribution in [2.24, 2.45) is 22.4 Å². The first-order valence-corrected chi connectivity index (χ1v) is 11.0. The molecule has 0 aromatic carbocycles. The number of allylic oxidation sites excluding steroid dienone is 2. The Balaban J connectivity index is 1.65. The number of aliphatic hydroxyl groups is 1. The first-order valence-electron chi connectivity index (χ1n) is 10.2. The zero-order valence-corrected chi connectivity index (χ0v) is 18.2. The van der Waals surface area contributed by atoms with Crippen LogP contribution in [0.4, 0.5) is 0 Å². The van der Waals surface area contributed by atoms with Crippen LogP contribution in [0.1, 0.15) is 56.1 Å². The maximum atomic E-state index is 10.2. The van der Waals surface area contributed by atoms with Gasteiger partial charge in [0, 0.05) is 11.6 Å². The molecular weight excluding hydrogens is 388 g/mol. The number of aliphatic hydroxyl groups excluding tert-OH is 1. The molecule has 1 aliphatic heterocycles. The number of fused-ring (bicyclic) bond motifs is 2. The number of rotatable bonds is 4.